The molecule has 0 aliphatic carbocycles. The number of halogens is 3. The second-order valence-corrected chi connectivity index (χ2v) is 6.22. The molecule has 1 N–H and O–H groups in total. The first-order chi connectivity index (χ1) is 9.95. The summed E-state index contributed by atoms with van der Waals surface area (Å²) in [6.07, 6.45) is 0.958. The van der Waals surface area contributed by atoms with Gasteiger partial charge in [-0.25, -0.2) is 4.39 Å². The maximum absolute atomic E-state index is 14.5. The van der Waals surface area contributed by atoms with Gasteiger partial charge in [-0.1, -0.05) is 24.6 Å². The molecule has 0 fully saturated rings. The summed E-state index contributed by atoms with van der Waals surface area (Å²) in [4.78, 5) is 0. The summed E-state index contributed by atoms with van der Waals surface area (Å²) in [5.74, 6) is -0.404. The highest BCUT2D eigenvalue weighted by Gasteiger charge is 2.23. The highest BCUT2D eigenvalue weighted by atomic mass is 79.9. The molecule has 1 atom stereocenters. The zero-order valence-corrected chi connectivity index (χ0v) is 14.6. The fourth-order valence-corrected chi connectivity index (χ4v) is 2.81. The smallest absolute Gasteiger partial charge is 0.148 e. The van der Waals surface area contributed by atoms with Gasteiger partial charge in [0.25, 0.3) is 0 Å². The van der Waals surface area contributed by atoms with Crippen molar-refractivity contribution in [3.8, 4) is 0 Å². The third-order valence-corrected chi connectivity index (χ3v) is 4.57. The van der Waals surface area contributed by atoms with Crippen LogP contribution in [0.5, 0.6) is 0 Å². The lowest BCUT2D eigenvalue weighted by Gasteiger charge is -2.20. The van der Waals surface area contributed by atoms with Crippen LogP contribution in [0, 0.1) is 12.7 Å². The van der Waals surface area contributed by atoms with E-state index in [1.165, 1.54) is 0 Å². The SMILES string of the molecule is CCCNC(c1ccc(Br)c(Cl)c1F)c1cc(C)nn1C. The van der Waals surface area contributed by atoms with Crippen LogP contribution < -0.4 is 5.32 Å². The summed E-state index contributed by atoms with van der Waals surface area (Å²) in [5, 5.41) is 7.82. The van der Waals surface area contributed by atoms with Crippen molar-refractivity contribution in [3.63, 3.8) is 0 Å². The van der Waals surface area contributed by atoms with Gasteiger partial charge in [-0.15, -0.1) is 0 Å². The molecule has 0 aliphatic heterocycles. The van der Waals surface area contributed by atoms with Crippen LogP contribution in [0.3, 0.4) is 0 Å². The molecule has 0 saturated carbocycles. The summed E-state index contributed by atoms with van der Waals surface area (Å²) >= 11 is 9.27. The summed E-state index contributed by atoms with van der Waals surface area (Å²) in [6.45, 7) is 4.77. The number of benzene rings is 1. The largest absolute Gasteiger partial charge is 0.305 e. The zero-order valence-electron chi connectivity index (χ0n) is 12.3. The van der Waals surface area contributed by atoms with Crippen LogP contribution in [0.2, 0.25) is 5.02 Å². The van der Waals surface area contributed by atoms with E-state index >= 15 is 0 Å². The molecule has 1 heterocycles. The van der Waals surface area contributed by atoms with Crippen molar-refractivity contribution in [1.82, 2.24) is 15.1 Å². The third-order valence-electron chi connectivity index (χ3n) is 3.31. The molecule has 0 bridgehead atoms. The van der Waals surface area contributed by atoms with E-state index in [2.05, 4.69) is 33.3 Å². The Bertz CT molecular complexity index is 642. The van der Waals surface area contributed by atoms with Crippen molar-refractivity contribution >= 4 is 27.5 Å². The van der Waals surface area contributed by atoms with E-state index in [4.69, 9.17) is 11.6 Å². The Morgan fingerprint density at radius 3 is 2.76 bits per heavy atom. The molecule has 1 unspecified atom stereocenters. The van der Waals surface area contributed by atoms with Gasteiger partial charge in [-0.3, -0.25) is 4.68 Å². The van der Waals surface area contributed by atoms with Crippen LogP contribution in [0.1, 0.15) is 36.3 Å². The highest BCUT2D eigenvalue weighted by molar-refractivity contribution is 9.10. The Balaban J connectivity index is 2.50. The quantitative estimate of drug-likeness (QED) is 0.788. The predicted octanol–water partition coefficient (Wildman–Crippen LogP) is 4.37. The van der Waals surface area contributed by atoms with Crippen LogP contribution in [-0.4, -0.2) is 16.3 Å². The lowest BCUT2D eigenvalue weighted by Crippen LogP contribution is -2.26. The fourth-order valence-electron chi connectivity index (χ4n) is 2.33. The Hall–Kier alpha value is -0.910. The molecule has 3 nitrogen and oxygen atoms in total. The van der Waals surface area contributed by atoms with Gasteiger partial charge in [0.2, 0.25) is 0 Å². The molecule has 0 spiro atoms. The number of nitrogens with zero attached hydrogens (tertiary/aromatic N) is 2. The Labute approximate surface area is 137 Å². The molecule has 2 rings (SSSR count). The highest BCUT2D eigenvalue weighted by Crippen LogP contribution is 2.33. The second-order valence-electron chi connectivity index (χ2n) is 4.99. The fraction of sp³-hybridized carbons (Fsp3) is 0.400. The summed E-state index contributed by atoms with van der Waals surface area (Å²) in [6, 6.07) is 5.20. The first-order valence-corrected chi connectivity index (χ1v) is 8.00. The summed E-state index contributed by atoms with van der Waals surface area (Å²) in [5.41, 5.74) is 2.34. The molecular formula is C15H18BrClFN3. The van der Waals surface area contributed by atoms with Crippen molar-refractivity contribution in [1.29, 1.82) is 0 Å². The molecule has 2 aromatic rings. The first-order valence-electron chi connectivity index (χ1n) is 6.83. The molecule has 0 amide bonds. The van der Waals surface area contributed by atoms with Crippen LogP contribution >= 0.6 is 27.5 Å². The van der Waals surface area contributed by atoms with Gasteiger partial charge in [0.05, 0.1) is 22.5 Å². The minimum Gasteiger partial charge on any atom is -0.305 e. The maximum atomic E-state index is 14.5. The standard InChI is InChI=1S/C15H18BrClFN3/c1-4-7-19-15(12-8-9(2)20-21(12)3)10-5-6-11(16)13(17)14(10)18/h5-6,8,15,19H,4,7H2,1-3H3. The molecule has 21 heavy (non-hydrogen) atoms. The molecule has 0 aliphatic rings. The molecule has 1 aromatic heterocycles. The van der Waals surface area contributed by atoms with E-state index in [9.17, 15) is 4.39 Å². The van der Waals surface area contributed by atoms with E-state index in [1.54, 1.807) is 16.8 Å². The predicted molar refractivity (Wildman–Crippen MR) is 87.2 cm³/mol. The van der Waals surface area contributed by atoms with Crippen LogP contribution in [0.15, 0.2) is 22.7 Å². The van der Waals surface area contributed by atoms with Crippen molar-refractivity contribution in [2.45, 2.75) is 26.3 Å². The number of aromatic nitrogens is 2. The van der Waals surface area contributed by atoms with Gasteiger partial charge in [0.1, 0.15) is 5.82 Å². The van der Waals surface area contributed by atoms with Crippen molar-refractivity contribution in [2.75, 3.05) is 6.54 Å². The van der Waals surface area contributed by atoms with Crippen molar-refractivity contribution in [3.05, 3.63) is 50.5 Å². The van der Waals surface area contributed by atoms with Crippen LogP contribution in [-0.2, 0) is 7.05 Å². The molecule has 0 radical (unpaired) electrons. The number of aryl methyl sites for hydroxylation is 2. The number of hydrogen-bond donors (Lipinski definition) is 1. The van der Waals surface area contributed by atoms with Crippen LogP contribution in [0.25, 0.3) is 0 Å². The average molecular weight is 375 g/mol. The normalized spacial score (nSPS) is 12.7. The molecule has 0 saturated heterocycles. The van der Waals surface area contributed by atoms with Gasteiger partial charge in [-0.05, 0) is 48.0 Å². The molecule has 6 heteroatoms. The van der Waals surface area contributed by atoms with Gasteiger partial charge in [-0.2, -0.15) is 5.10 Å². The number of hydrogen-bond acceptors (Lipinski definition) is 2. The Morgan fingerprint density at radius 1 is 1.48 bits per heavy atom. The lowest BCUT2D eigenvalue weighted by atomic mass is 10.0. The van der Waals surface area contributed by atoms with Gasteiger partial charge in [0.15, 0.2) is 0 Å². The topological polar surface area (TPSA) is 29.9 Å². The summed E-state index contributed by atoms with van der Waals surface area (Å²) in [7, 11) is 1.86. The molecular weight excluding hydrogens is 357 g/mol. The van der Waals surface area contributed by atoms with Gasteiger partial charge < -0.3 is 5.32 Å². The Morgan fingerprint density at radius 2 is 2.19 bits per heavy atom. The minimum atomic E-state index is -0.404. The van der Waals surface area contributed by atoms with Gasteiger partial charge >= 0.3 is 0 Å². The van der Waals surface area contributed by atoms with Crippen molar-refractivity contribution < 1.29 is 4.39 Å². The maximum Gasteiger partial charge on any atom is 0.148 e. The van der Waals surface area contributed by atoms with E-state index in [-0.39, 0.29) is 11.1 Å². The minimum absolute atomic E-state index is 0.106. The van der Waals surface area contributed by atoms with E-state index in [0.29, 0.717) is 10.0 Å². The Kier molecular flexibility index (Phi) is 5.41. The number of nitrogens with one attached hydrogen (secondary N) is 1. The average Bonchev–Trinajstić information content (AvgIpc) is 2.77. The van der Waals surface area contributed by atoms with Crippen LogP contribution in [0.4, 0.5) is 4.39 Å². The van der Waals surface area contributed by atoms with Gasteiger partial charge in [0, 0.05) is 17.1 Å². The second kappa shape index (κ2) is 6.90. The van der Waals surface area contributed by atoms with Crippen molar-refractivity contribution in [2.24, 2.45) is 7.05 Å². The summed E-state index contributed by atoms with van der Waals surface area (Å²) < 4.78 is 16.9. The monoisotopic (exact) mass is 373 g/mol. The number of rotatable bonds is 5. The molecule has 1 aromatic carbocycles. The zero-order chi connectivity index (χ0) is 15.6. The first kappa shape index (κ1) is 16.5. The van der Waals surface area contributed by atoms with E-state index in [0.717, 1.165) is 24.4 Å². The molecule has 114 valence electrons. The third kappa shape index (κ3) is 3.47. The van der Waals surface area contributed by atoms with E-state index < -0.39 is 5.82 Å². The lowest BCUT2D eigenvalue weighted by molar-refractivity contribution is 0.520. The van der Waals surface area contributed by atoms with E-state index in [1.807, 2.05) is 20.0 Å².